The predicted molar refractivity (Wildman–Crippen MR) is 68.7 cm³/mol. The third kappa shape index (κ3) is 1.77. The molecule has 0 saturated heterocycles. The Morgan fingerprint density at radius 2 is 2.16 bits per heavy atom. The lowest BCUT2D eigenvalue weighted by Gasteiger charge is -2.03. The smallest absolute Gasteiger partial charge is 0.254 e. The zero-order valence-electron chi connectivity index (χ0n) is 10.5. The van der Waals surface area contributed by atoms with E-state index in [0.29, 0.717) is 11.2 Å². The first-order valence-corrected chi connectivity index (χ1v) is 5.77. The maximum Gasteiger partial charge on any atom is 0.254 e. The molecule has 0 saturated carbocycles. The van der Waals surface area contributed by atoms with E-state index >= 15 is 0 Å². The fraction of sp³-hybridized carbons (Fsp3) is 0.154. The number of carbonyl (C=O) groups is 1. The summed E-state index contributed by atoms with van der Waals surface area (Å²) in [5, 5.41) is 4.11. The van der Waals surface area contributed by atoms with E-state index in [4.69, 9.17) is 10.2 Å². The van der Waals surface area contributed by atoms with Crippen LogP contribution in [0.3, 0.4) is 0 Å². The Bertz CT molecular complexity index is 785. The van der Waals surface area contributed by atoms with Crippen LogP contribution in [0, 0.1) is 13.8 Å². The van der Waals surface area contributed by atoms with Gasteiger partial charge in [0.2, 0.25) is 0 Å². The van der Waals surface area contributed by atoms with Crippen LogP contribution in [0.15, 0.2) is 29.0 Å². The highest BCUT2D eigenvalue weighted by Crippen LogP contribution is 2.22. The van der Waals surface area contributed by atoms with Crippen LogP contribution in [-0.2, 0) is 0 Å². The average molecular weight is 256 g/mol. The van der Waals surface area contributed by atoms with Gasteiger partial charge < -0.3 is 10.2 Å². The van der Waals surface area contributed by atoms with Crippen LogP contribution in [0.25, 0.3) is 16.9 Å². The van der Waals surface area contributed by atoms with Gasteiger partial charge in [0.1, 0.15) is 17.6 Å². The average Bonchev–Trinajstić information content (AvgIpc) is 2.94. The van der Waals surface area contributed by atoms with Crippen LogP contribution in [0.5, 0.6) is 0 Å². The Morgan fingerprint density at radius 3 is 2.79 bits per heavy atom. The van der Waals surface area contributed by atoms with Gasteiger partial charge in [0, 0.05) is 11.3 Å². The number of hydrogen-bond acceptors (Lipinski definition) is 4. The second kappa shape index (κ2) is 3.94. The first-order valence-electron chi connectivity index (χ1n) is 5.77. The highest BCUT2D eigenvalue weighted by atomic mass is 16.3. The number of nitrogens with two attached hydrogens (primary N) is 1. The molecule has 2 N–H and O–H groups in total. The lowest BCUT2D eigenvalue weighted by atomic mass is 10.2. The molecule has 96 valence electrons. The Kier molecular flexibility index (Phi) is 2.38. The Morgan fingerprint density at radius 1 is 1.37 bits per heavy atom. The zero-order valence-corrected chi connectivity index (χ0v) is 10.5. The van der Waals surface area contributed by atoms with Crippen molar-refractivity contribution in [3.05, 3.63) is 41.6 Å². The summed E-state index contributed by atoms with van der Waals surface area (Å²) in [4.78, 5) is 15.8. The van der Waals surface area contributed by atoms with Crippen LogP contribution >= 0.6 is 0 Å². The third-order valence-corrected chi connectivity index (χ3v) is 2.94. The van der Waals surface area contributed by atoms with E-state index in [0.717, 1.165) is 22.7 Å². The highest BCUT2D eigenvalue weighted by Gasteiger charge is 2.14. The standard InChI is InChI=1S/C13H12N4O2/c1-7-3-11(9-4-8(2)19-6-9)16-13-10(12(14)18)5-15-17(7)13/h3-6H,1-2H3,(H2,14,18). The molecule has 0 radical (unpaired) electrons. The van der Waals surface area contributed by atoms with Gasteiger partial charge in [-0.15, -0.1) is 0 Å². The van der Waals surface area contributed by atoms with Crippen molar-refractivity contribution in [1.29, 1.82) is 0 Å². The molecule has 6 nitrogen and oxygen atoms in total. The zero-order chi connectivity index (χ0) is 13.6. The summed E-state index contributed by atoms with van der Waals surface area (Å²) in [5.74, 6) is 0.264. The molecule has 0 fully saturated rings. The molecule has 0 aromatic carbocycles. The van der Waals surface area contributed by atoms with Gasteiger partial charge in [-0.25, -0.2) is 9.50 Å². The molecule has 0 unspecified atom stereocenters. The predicted octanol–water partition coefficient (Wildman–Crippen LogP) is 1.71. The molecule has 0 atom stereocenters. The fourth-order valence-electron chi connectivity index (χ4n) is 2.01. The number of rotatable bonds is 2. The minimum absolute atomic E-state index is 0.310. The summed E-state index contributed by atoms with van der Waals surface area (Å²) in [7, 11) is 0. The van der Waals surface area contributed by atoms with Crippen LogP contribution in [0.2, 0.25) is 0 Å². The van der Waals surface area contributed by atoms with E-state index in [2.05, 4.69) is 10.1 Å². The van der Waals surface area contributed by atoms with Crippen molar-refractivity contribution in [3.63, 3.8) is 0 Å². The molecule has 0 aliphatic heterocycles. The molecular weight excluding hydrogens is 244 g/mol. The van der Waals surface area contributed by atoms with Gasteiger partial charge in [-0.05, 0) is 26.0 Å². The topological polar surface area (TPSA) is 86.4 Å². The summed E-state index contributed by atoms with van der Waals surface area (Å²) in [6.45, 7) is 3.76. The number of carbonyl (C=O) groups excluding carboxylic acids is 1. The van der Waals surface area contributed by atoms with E-state index < -0.39 is 5.91 Å². The summed E-state index contributed by atoms with van der Waals surface area (Å²) in [5.41, 5.74) is 8.54. The van der Waals surface area contributed by atoms with Gasteiger partial charge in [-0.1, -0.05) is 0 Å². The van der Waals surface area contributed by atoms with Crippen LogP contribution in [-0.4, -0.2) is 20.5 Å². The van der Waals surface area contributed by atoms with Crippen LogP contribution in [0.1, 0.15) is 21.8 Å². The summed E-state index contributed by atoms with van der Waals surface area (Å²) < 4.78 is 6.87. The van der Waals surface area contributed by atoms with Crippen molar-refractivity contribution in [3.8, 4) is 11.3 Å². The molecule has 3 rings (SSSR count). The number of hydrogen-bond donors (Lipinski definition) is 1. The van der Waals surface area contributed by atoms with Gasteiger partial charge in [0.05, 0.1) is 11.9 Å². The van der Waals surface area contributed by atoms with Crippen molar-refractivity contribution in [2.45, 2.75) is 13.8 Å². The van der Waals surface area contributed by atoms with E-state index in [1.807, 2.05) is 26.0 Å². The molecule has 3 heterocycles. The monoisotopic (exact) mass is 256 g/mol. The number of furan rings is 1. The van der Waals surface area contributed by atoms with E-state index in [9.17, 15) is 4.79 Å². The minimum atomic E-state index is -0.539. The van der Waals surface area contributed by atoms with Gasteiger partial charge in [-0.3, -0.25) is 4.79 Å². The molecule has 0 bridgehead atoms. The Balaban J connectivity index is 2.27. The molecule has 0 aliphatic carbocycles. The molecule has 3 aromatic rings. The van der Waals surface area contributed by atoms with Crippen molar-refractivity contribution in [2.24, 2.45) is 5.73 Å². The van der Waals surface area contributed by atoms with Gasteiger partial charge >= 0.3 is 0 Å². The lowest BCUT2D eigenvalue weighted by molar-refractivity contribution is 0.100. The van der Waals surface area contributed by atoms with Gasteiger partial charge in [0.15, 0.2) is 5.65 Å². The normalized spacial score (nSPS) is 11.1. The molecule has 0 aliphatic rings. The number of nitrogens with zero attached hydrogens (tertiary/aromatic N) is 3. The van der Waals surface area contributed by atoms with E-state index in [-0.39, 0.29) is 0 Å². The number of primary amides is 1. The number of aryl methyl sites for hydroxylation is 2. The fourth-order valence-corrected chi connectivity index (χ4v) is 2.01. The second-order valence-electron chi connectivity index (χ2n) is 4.39. The first-order chi connectivity index (χ1) is 9.06. The first kappa shape index (κ1) is 11.5. The highest BCUT2D eigenvalue weighted by molar-refractivity contribution is 5.98. The summed E-state index contributed by atoms with van der Waals surface area (Å²) >= 11 is 0. The SMILES string of the molecule is Cc1cc(-c2cc(C)n3ncc(C(N)=O)c3n2)co1. The second-order valence-corrected chi connectivity index (χ2v) is 4.39. The number of fused-ring (bicyclic) bond motifs is 1. The van der Waals surface area contributed by atoms with Crippen molar-refractivity contribution < 1.29 is 9.21 Å². The van der Waals surface area contributed by atoms with Gasteiger partial charge in [-0.2, -0.15) is 5.10 Å². The van der Waals surface area contributed by atoms with Gasteiger partial charge in [0.25, 0.3) is 5.91 Å². The molecular formula is C13H12N4O2. The summed E-state index contributed by atoms with van der Waals surface area (Å²) in [6.07, 6.45) is 3.07. The van der Waals surface area contributed by atoms with Crippen LogP contribution in [0.4, 0.5) is 0 Å². The third-order valence-electron chi connectivity index (χ3n) is 2.94. The lowest BCUT2D eigenvalue weighted by Crippen LogP contribution is -2.11. The Hall–Kier alpha value is -2.63. The molecule has 1 amide bonds. The van der Waals surface area contributed by atoms with Crippen molar-refractivity contribution >= 4 is 11.6 Å². The quantitative estimate of drug-likeness (QED) is 0.756. The Labute approximate surface area is 108 Å². The molecule has 3 aromatic heterocycles. The molecule has 0 spiro atoms. The molecule has 6 heteroatoms. The summed E-state index contributed by atoms with van der Waals surface area (Å²) in [6, 6.07) is 3.77. The van der Waals surface area contributed by atoms with Crippen molar-refractivity contribution in [2.75, 3.05) is 0 Å². The van der Waals surface area contributed by atoms with Crippen molar-refractivity contribution in [1.82, 2.24) is 14.6 Å². The van der Waals surface area contributed by atoms with E-state index in [1.165, 1.54) is 6.20 Å². The molecule has 19 heavy (non-hydrogen) atoms. The van der Waals surface area contributed by atoms with E-state index in [1.54, 1.807) is 10.8 Å². The van der Waals surface area contributed by atoms with Crippen LogP contribution < -0.4 is 5.73 Å². The maximum absolute atomic E-state index is 11.3. The number of aromatic nitrogens is 3. The maximum atomic E-state index is 11.3. The number of amides is 1. The largest absolute Gasteiger partial charge is 0.469 e. The minimum Gasteiger partial charge on any atom is -0.469 e.